The standard InChI is InChI=1S/C21H24O3/c1-16(2)19-10-7-11-20(14-19)17(3)12-13-23-21(22)24-15-18-8-5-4-6-9-18/h4-14,16-17H,15H2,1-3H3. The van der Waals surface area contributed by atoms with Gasteiger partial charge in [0, 0.05) is 5.92 Å². The summed E-state index contributed by atoms with van der Waals surface area (Å²) in [6.07, 6.45) is 2.56. The van der Waals surface area contributed by atoms with Gasteiger partial charge >= 0.3 is 6.16 Å². The minimum atomic E-state index is -0.696. The predicted octanol–water partition coefficient (Wildman–Crippen LogP) is 5.78. The van der Waals surface area contributed by atoms with E-state index < -0.39 is 6.16 Å². The van der Waals surface area contributed by atoms with Gasteiger partial charge in [-0.25, -0.2) is 4.79 Å². The molecular formula is C21H24O3. The summed E-state index contributed by atoms with van der Waals surface area (Å²) < 4.78 is 10.0. The lowest BCUT2D eigenvalue weighted by Gasteiger charge is -2.11. The zero-order valence-electron chi connectivity index (χ0n) is 14.4. The molecule has 0 heterocycles. The third-order valence-corrected chi connectivity index (χ3v) is 3.83. The van der Waals surface area contributed by atoms with Crippen molar-refractivity contribution in [1.29, 1.82) is 0 Å². The molecule has 0 aromatic heterocycles. The number of carbonyl (C=O) groups is 1. The maximum Gasteiger partial charge on any atom is 0.513 e. The number of ether oxygens (including phenoxy) is 2. The molecule has 3 nitrogen and oxygen atoms in total. The van der Waals surface area contributed by atoms with E-state index in [1.807, 2.05) is 36.4 Å². The van der Waals surface area contributed by atoms with Crippen LogP contribution in [0, 0.1) is 0 Å². The van der Waals surface area contributed by atoms with Gasteiger partial charge in [0.2, 0.25) is 0 Å². The molecule has 0 N–H and O–H groups in total. The third kappa shape index (κ3) is 5.58. The molecule has 3 heteroatoms. The van der Waals surface area contributed by atoms with E-state index >= 15 is 0 Å². The smallest absolute Gasteiger partial charge is 0.429 e. The van der Waals surface area contributed by atoms with Gasteiger partial charge < -0.3 is 9.47 Å². The lowest BCUT2D eigenvalue weighted by atomic mass is 9.95. The number of carbonyl (C=O) groups excluding carboxylic acids is 1. The zero-order valence-corrected chi connectivity index (χ0v) is 14.4. The maximum absolute atomic E-state index is 11.6. The zero-order chi connectivity index (χ0) is 17.4. The van der Waals surface area contributed by atoms with Gasteiger partial charge in [-0.3, -0.25) is 0 Å². The molecule has 0 aliphatic rings. The van der Waals surface area contributed by atoms with E-state index in [9.17, 15) is 4.79 Å². The lowest BCUT2D eigenvalue weighted by Crippen LogP contribution is -2.04. The van der Waals surface area contributed by atoms with Crippen LogP contribution in [0.2, 0.25) is 0 Å². The fraction of sp³-hybridized carbons (Fsp3) is 0.286. The number of allylic oxidation sites excluding steroid dienone is 1. The SMILES string of the molecule is CC(C)c1cccc(C(C)C=COC(=O)OCc2ccccc2)c1. The average molecular weight is 324 g/mol. The summed E-state index contributed by atoms with van der Waals surface area (Å²) >= 11 is 0. The van der Waals surface area contributed by atoms with Gasteiger partial charge in [0.25, 0.3) is 0 Å². The molecule has 2 aromatic rings. The van der Waals surface area contributed by atoms with Crippen molar-refractivity contribution in [2.45, 2.75) is 39.2 Å². The van der Waals surface area contributed by atoms with E-state index in [0.717, 1.165) is 5.56 Å². The Bertz CT molecular complexity index is 674. The van der Waals surface area contributed by atoms with Crippen molar-refractivity contribution in [2.75, 3.05) is 0 Å². The quantitative estimate of drug-likeness (QED) is 0.499. The van der Waals surface area contributed by atoms with E-state index in [4.69, 9.17) is 9.47 Å². The first kappa shape index (κ1) is 17.8. The van der Waals surface area contributed by atoms with Gasteiger partial charge in [0.05, 0.1) is 6.26 Å². The first-order chi connectivity index (χ1) is 11.6. The molecule has 0 amide bonds. The van der Waals surface area contributed by atoms with Crippen molar-refractivity contribution >= 4 is 6.16 Å². The minimum absolute atomic E-state index is 0.158. The summed E-state index contributed by atoms with van der Waals surface area (Å²) in [7, 11) is 0. The summed E-state index contributed by atoms with van der Waals surface area (Å²) in [5.74, 6) is 0.649. The van der Waals surface area contributed by atoms with Crippen LogP contribution in [0.4, 0.5) is 4.79 Å². The van der Waals surface area contributed by atoms with Crippen LogP contribution in [0.3, 0.4) is 0 Å². The van der Waals surface area contributed by atoms with Crippen molar-refractivity contribution in [3.05, 3.63) is 83.6 Å². The molecule has 0 saturated carbocycles. The first-order valence-corrected chi connectivity index (χ1v) is 8.20. The molecule has 24 heavy (non-hydrogen) atoms. The Morgan fingerprint density at radius 1 is 1.00 bits per heavy atom. The van der Waals surface area contributed by atoms with E-state index in [2.05, 4.69) is 45.0 Å². The topological polar surface area (TPSA) is 35.5 Å². The number of rotatable bonds is 6. The van der Waals surface area contributed by atoms with Crippen molar-refractivity contribution in [1.82, 2.24) is 0 Å². The largest absolute Gasteiger partial charge is 0.513 e. The normalized spacial score (nSPS) is 12.3. The van der Waals surface area contributed by atoms with Gasteiger partial charge in [-0.05, 0) is 28.7 Å². The molecule has 0 radical (unpaired) electrons. The van der Waals surface area contributed by atoms with Crippen LogP contribution in [0.5, 0.6) is 0 Å². The fourth-order valence-corrected chi connectivity index (χ4v) is 2.28. The van der Waals surface area contributed by atoms with E-state index in [1.165, 1.54) is 17.4 Å². The van der Waals surface area contributed by atoms with Crippen molar-refractivity contribution < 1.29 is 14.3 Å². The van der Waals surface area contributed by atoms with Crippen LogP contribution in [0.15, 0.2) is 66.9 Å². The Morgan fingerprint density at radius 2 is 1.71 bits per heavy atom. The van der Waals surface area contributed by atoms with Gasteiger partial charge in [0.15, 0.2) is 0 Å². The molecule has 2 aromatic carbocycles. The molecule has 0 aliphatic heterocycles. The summed E-state index contributed by atoms with van der Waals surface area (Å²) in [6, 6.07) is 18.0. The Hall–Kier alpha value is -2.55. The summed E-state index contributed by atoms with van der Waals surface area (Å²) in [5.41, 5.74) is 3.42. The van der Waals surface area contributed by atoms with Crippen LogP contribution in [0.25, 0.3) is 0 Å². The second kappa shape index (κ2) is 8.92. The number of benzene rings is 2. The Morgan fingerprint density at radius 3 is 2.42 bits per heavy atom. The Labute approximate surface area is 143 Å². The highest BCUT2D eigenvalue weighted by Gasteiger charge is 2.06. The second-order valence-corrected chi connectivity index (χ2v) is 6.08. The first-order valence-electron chi connectivity index (χ1n) is 8.20. The molecule has 0 aliphatic carbocycles. The molecule has 1 unspecified atom stereocenters. The Kier molecular flexibility index (Phi) is 6.62. The molecule has 0 fully saturated rings. The highest BCUT2D eigenvalue weighted by Crippen LogP contribution is 2.22. The number of hydrogen-bond acceptors (Lipinski definition) is 3. The summed E-state index contributed by atoms with van der Waals surface area (Å²) in [5, 5.41) is 0. The monoisotopic (exact) mass is 324 g/mol. The lowest BCUT2D eigenvalue weighted by molar-refractivity contribution is 0.0784. The van der Waals surface area contributed by atoms with Gasteiger partial charge in [0.1, 0.15) is 6.61 Å². The molecule has 2 rings (SSSR count). The van der Waals surface area contributed by atoms with Gasteiger partial charge in [-0.15, -0.1) is 0 Å². The Balaban J connectivity index is 1.82. The van der Waals surface area contributed by atoms with E-state index in [0.29, 0.717) is 5.92 Å². The van der Waals surface area contributed by atoms with Crippen molar-refractivity contribution in [3.8, 4) is 0 Å². The van der Waals surface area contributed by atoms with Crippen LogP contribution in [0.1, 0.15) is 49.3 Å². The average Bonchev–Trinajstić information content (AvgIpc) is 2.61. The van der Waals surface area contributed by atoms with Crippen molar-refractivity contribution in [2.24, 2.45) is 0 Å². The highest BCUT2D eigenvalue weighted by molar-refractivity contribution is 5.60. The molecule has 126 valence electrons. The maximum atomic E-state index is 11.6. The molecule has 1 atom stereocenters. The van der Waals surface area contributed by atoms with E-state index in [-0.39, 0.29) is 12.5 Å². The van der Waals surface area contributed by atoms with Crippen LogP contribution >= 0.6 is 0 Å². The number of hydrogen-bond donors (Lipinski definition) is 0. The molecule has 0 spiro atoms. The third-order valence-electron chi connectivity index (χ3n) is 3.83. The molecule has 0 saturated heterocycles. The fourth-order valence-electron chi connectivity index (χ4n) is 2.28. The van der Waals surface area contributed by atoms with Crippen LogP contribution in [-0.4, -0.2) is 6.16 Å². The molecule has 0 bridgehead atoms. The van der Waals surface area contributed by atoms with Gasteiger partial charge in [-0.2, -0.15) is 0 Å². The van der Waals surface area contributed by atoms with Gasteiger partial charge in [-0.1, -0.05) is 75.4 Å². The molecular weight excluding hydrogens is 300 g/mol. The minimum Gasteiger partial charge on any atom is -0.429 e. The van der Waals surface area contributed by atoms with Crippen LogP contribution in [-0.2, 0) is 16.1 Å². The predicted molar refractivity (Wildman–Crippen MR) is 95.8 cm³/mol. The summed E-state index contributed by atoms with van der Waals surface area (Å²) in [4.78, 5) is 11.6. The van der Waals surface area contributed by atoms with Crippen LogP contribution < -0.4 is 0 Å². The van der Waals surface area contributed by atoms with Crippen molar-refractivity contribution in [3.63, 3.8) is 0 Å². The second-order valence-electron chi connectivity index (χ2n) is 6.08. The summed E-state index contributed by atoms with van der Waals surface area (Å²) in [6.45, 7) is 6.62. The highest BCUT2D eigenvalue weighted by atomic mass is 16.7. The van der Waals surface area contributed by atoms with E-state index in [1.54, 1.807) is 0 Å².